The highest BCUT2D eigenvalue weighted by Gasteiger charge is 2.35. The Morgan fingerprint density at radius 1 is 1.04 bits per heavy atom. The van der Waals surface area contributed by atoms with Crippen LogP contribution in [0.1, 0.15) is 17.7 Å². The molecule has 0 saturated carbocycles. The van der Waals surface area contributed by atoms with Crippen LogP contribution in [0.2, 0.25) is 0 Å². The van der Waals surface area contributed by atoms with Gasteiger partial charge in [0.25, 0.3) is 0 Å². The summed E-state index contributed by atoms with van der Waals surface area (Å²) < 4.78 is 0. The number of pyridine rings is 1. The van der Waals surface area contributed by atoms with Gasteiger partial charge in [-0.2, -0.15) is 20.4 Å². The number of nitrogens with zero attached hydrogens (tertiary/aromatic N) is 6. The number of nitrogens with two attached hydrogens (primary N) is 1. The van der Waals surface area contributed by atoms with E-state index in [2.05, 4.69) is 30.4 Å². The second kappa shape index (κ2) is 7.43. The molecule has 0 bridgehead atoms. The molecule has 2 N–H and O–H groups in total. The van der Waals surface area contributed by atoms with Crippen LogP contribution in [-0.4, -0.2) is 43.5 Å². The largest absolute Gasteiger partial charge is 0.370 e. The second-order valence-corrected chi connectivity index (χ2v) is 6.51. The number of carbonyl (C=O) groups is 1. The van der Waals surface area contributed by atoms with Crippen molar-refractivity contribution in [1.29, 1.82) is 0 Å². The molecule has 4 heterocycles. The van der Waals surface area contributed by atoms with Crippen LogP contribution in [0.5, 0.6) is 0 Å². The highest BCUT2D eigenvalue weighted by atomic mass is 16.1. The van der Waals surface area contributed by atoms with E-state index in [0.29, 0.717) is 6.54 Å². The number of carbonyl (C=O) groups excluding carboxylic acids is 1. The Bertz CT molecular complexity index is 1030. The van der Waals surface area contributed by atoms with Gasteiger partial charge in [0.15, 0.2) is 0 Å². The van der Waals surface area contributed by atoms with E-state index in [-0.39, 0.29) is 6.42 Å². The van der Waals surface area contributed by atoms with E-state index in [4.69, 9.17) is 5.73 Å². The average molecular weight is 371 g/mol. The fourth-order valence-electron chi connectivity index (χ4n) is 3.18. The van der Waals surface area contributed by atoms with Crippen molar-refractivity contribution in [3.05, 3.63) is 78.5 Å². The van der Waals surface area contributed by atoms with Gasteiger partial charge in [0, 0.05) is 29.9 Å². The predicted molar refractivity (Wildman–Crippen MR) is 103 cm³/mol. The summed E-state index contributed by atoms with van der Waals surface area (Å²) in [5.74, 6) is -0.409. The maximum absolute atomic E-state index is 11.8. The molecule has 8 nitrogen and oxygen atoms in total. The third-order valence-electron chi connectivity index (χ3n) is 4.60. The molecule has 4 rings (SSSR count). The molecule has 3 aromatic heterocycles. The quantitative estimate of drug-likeness (QED) is 0.726. The topological polar surface area (TPSA) is 120 Å². The minimum atomic E-state index is -0.684. The van der Waals surface area contributed by atoms with Gasteiger partial charge in [-0.3, -0.25) is 14.8 Å². The molecule has 0 spiro atoms. The molecule has 1 aliphatic rings. The molecule has 1 unspecified atom stereocenters. The van der Waals surface area contributed by atoms with Crippen LogP contribution >= 0.6 is 0 Å². The van der Waals surface area contributed by atoms with Crippen LogP contribution in [0, 0.1) is 0 Å². The van der Waals surface area contributed by atoms with Gasteiger partial charge in [0.05, 0.1) is 41.5 Å². The van der Waals surface area contributed by atoms with E-state index >= 15 is 0 Å². The third-order valence-corrected chi connectivity index (χ3v) is 4.60. The zero-order valence-electron chi connectivity index (χ0n) is 14.9. The summed E-state index contributed by atoms with van der Waals surface area (Å²) >= 11 is 0. The summed E-state index contributed by atoms with van der Waals surface area (Å²) in [6.07, 6.45) is 10.6. The van der Waals surface area contributed by atoms with Crippen LogP contribution in [-0.2, 0) is 10.2 Å². The fourth-order valence-corrected chi connectivity index (χ4v) is 3.18. The van der Waals surface area contributed by atoms with Crippen molar-refractivity contribution >= 4 is 11.6 Å². The number of hydrogen-bond donors (Lipinski definition) is 1. The standard InChI is InChI=1S/C20H17N7O/c21-19(28)10-20(7-5-16(23-13-20)15-6-9-24-26-12-15)18-4-3-14(11-22-18)17-2-1-8-25-27-17/h1-9,11-12H,10,13H2,(H2,21,28). The maximum atomic E-state index is 11.8. The molecule has 1 amide bonds. The molecular formula is C20H17N7O. The van der Waals surface area contributed by atoms with E-state index in [0.717, 1.165) is 28.2 Å². The molecule has 138 valence electrons. The molecule has 0 radical (unpaired) electrons. The molecule has 28 heavy (non-hydrogen) atoms. The first-order valence-corrected chi connectivity index (χ1v) is 8.70. The van der Waals surface area contributed by atoms with Gasteiger partial charge in [-0.25, -0.2) is 0 Å². The Morgan fingerprint density at radius 3 is 2.57 bits per heavy atom. The third kappa shape index (κ3) is 3.52. The van der Waals surface area contributed by atoms with E-state index in [9.17, 15) is 4.79 Å². The van der Waals surface area contributed by atoms with Gasteiger partial charge in [0.2, 0.25) is 5.91 Å². The summed E-state index contributed by atoms with van der Waals surface area (Å²) in [6, 6.07) is 9.31. The molecular weight excluding hydrogens is 354 g/mol. The average Bonchev–Trinajstić information content (AvgIpc) is 2.75. The first kappa shape index (κ1) is 17.6. The number of rotatable bonds is 5. The molecule has 0 fully saturated rings. The SMILES string of the molecule is NC(=O)CC1(c2ccc(-c3cccnn3)cn2)C=CC(c2ccnnc2)=NC1. The number of dihydropyridines is 1. The molecule has 8 heteroatoms. The van der Waals surface area contributed by atoms with E-state index in [1.54, 1.807) is 24.8 Å². The number of primary amides is 1. The van der Waals surface area contributed by atoms with Crippen LogP contribution in [0.3, 0.4) is 0 Å². The van der Waals surface area contributed by atoms with Crippen LogP contribution in [0.4, 0.5) is 0 Å². The lowest BCUT2D eigenvalue weighted by molar-refractivity contribution is -0.118. The predicted octanol–water partition coefficient (Wildman–Crippen LogP) is 1.50. The first-order chi connectivity index (χ1) is 13.7. The maximum Gasteiger partial charge on any atom is 0.218 e. The number of hydrogen-bond acceptors (Lipinski definition) is 7. The van der Waals surface area contributed by atoms with Gasteiger partial charge in [-0.05, 0) is 36.4 Å². The summed E-state index contributed by atoms with van der Waals surface area (Å²) in [6.45, 7) is 0.363. The van der Waals surface area contributed by atoms with Crippen molar-refractivity contribution in [2.24, 2.45) is 10.7 Å². The van der Waals surface area contributed by atoms with Crippen molar-refractivity contribution in [3.63, 3.8) is 0 Å². The van der Waals surface area contributed by atoms with Crippen molar-refractivity contribution in [2.75, 3.05) is 6.54 Å². The van der Waals surface area contributed by atoms with E-state index in [1.165, 1.54) is 0 Å². The lowest BCUT2D eigenvalue weighted by Crippen LogP contribution is -2.36. The summed E-state index contributed by atoms with van der Waals surface area (Å²) in [7, 11) is 0. The zero-order chi connectivity index (χ0) is 19.4. The van der Waals surface area contributed by atoms with Crippen molar-refractivity contribution in [2.45, 2.75) is 11.8 Å². The lowest BCUT2D eigenvalue weighted by Gasteiger charge is -2.30. The minimum absolute atomic E-state index is 0.117. The number of aliphatic imine (C=N–C) groups is 1. The normalized spacial score (nSPS) is 18.5. The Hall–Kier alpha value is -3.81. The van der Waals surface area contributed by atoms with E-state index < -0.39 is 11.3 Å². The van der Waals surface area contributed by atoms with E-state index in [1.807, 2.05) is 42.5 Å². The summed E-state index contributed by atoms with van der Waals surface area (Å²) in [4.78, 5) is 21.0. The monoisotopic (exact) mass is 371 g/mol. The van der Waals surface area contributed by atoms with Gasteiger partial charge < -0.3 is 5.73 Å². The minimum Gasteiger partial charge on any atom is -0.370 e. The number of aromatic nitrogens is 5. The number of amides is 1. The highest BCUT2D eigenvalue weighted by molar-refractivity contribution is 6.09. The van der Waals surface area contributed by atoms with Gasteiger partial charge in [-0.1, -0.05) is 6.08 Å². The van der Waals surface area contributed by atoms with Crippen LogP contribution in [0.15, 0.2) is 72.3 Å². The molecule has 0 saturated heterocycles. The van der Waals surface area contributed by atoms with Gasteiger partial charge in [-0.15, -0.1) is 0 Å². The fraction of sp³-hybridized carbons (Fsp3) is 0.150. The first-order valence-electron chi connectivity index (χ1n) is 8.70. The smallest absolute Gasteiger partial charge is 0.218 e. The van der Waals surface area contributed by atoms with Crippen LogP contribution < -0.4 is 5.73 Å². The van der Waals surface area contributed by atoms with Crippen molar-refractivity contribution in [1.82, 2.24) is 25.4 Å². The summed E-state index contributed by atoms with van der Waals surface area (Å²) in [5, 5.41) is 15.6. The Balaban J connectivity index is 1.65. The summed E-state index contributed by atoms with van der Waals surface area (Å²) in [5.41, 5.74) is 8.80. The lowest BCUT2D eigenvalue weighted by atomic mass is 9.78. The Morgan fingerprint density at radius 2 is 1.96 bits per heavy atom. The highest BCUT2D eigenvalue weighted by Crippen LogP contribution is 2.32. The second-order valence-electron chi connectivity index (χ2n) is 6.51. The molecule has 0 aliphatic carbocycles. The number of allylic oxidation sites excluding steroid dienone is 1. The molecule has 1 aliphatic heterocycles. The molecule has 3 aromatic rings. The Labute approximate surface area is 161 Å². The van der Waals surface area contributed by atoms with Crippen molar-refractivity contribution in [3.8, 4) is 11.3 Å². The van der Waals surface area contributed by atoms with Crippen molar-refractivity contribution < 1.29 is 4.79 Å². The Kier molecular flexibility index (Phi) is 4.67. The van der Waals surface area contributed by atoms with Gasteiger partial charge in [0.1, 0.15) is 0 Å². The van der Waals surface area contributed by atoms with Crippen LogP contribution in [0.25, 0.3) is 11.3 Å². The molecule has 1 atom stereocenters. The zero-order valence-corrected chi connectivity index (χ0v) is 14.9. The molecule has 0 aromatic carbocycles. The van der Waals surface area contributed by atoms with Gasteiger partial charge >= 0.3 is 0 Å².